The Hall–Kier alpha value is -0.737. The third-order valence-electron chi connectivity index (χ3n) is 3.77. The number of nitrogens with two attached hydrogens (primary N) is 2. The van der Waals surface area contributed by atoms with Crippen LogP contribution >= 0.6 is 0 Å². The van der Waals surface area contributed by atoms with Gasteiger partial charge in [-0.3, -0.25) is 0 Å². The summed E-state index contributed by atoms with van der Waals surface area (Å²) in [5.41, 5.74) is 14.0. The number of nitrogen functional groups attached to an aromatic ring is 2. The van der Waals surface area contributed by atoms with Gasteiger partial charge in [0.05, 0.1) is 0 Å². The summed E-state index contributed by atoms with van der Waals surface area (Å²) in [6.45, 7) is 10.3. The van der Waals surface area contributed by atoms with Crippen molar-refractivity contribution in [3.63, 3.8) is 0 Å². The average Bonchev–Trinajstić information content (AvgIpc) is 2.42. The molecule has 0 saturated carbocycles. The van der Waals surface area contributed by atoms with Crippen molar-refractivity contribution in [3.05, 3.63) is 59.7 Å². The Balaban J connectivity index is 2.02. The van der Waals surface area contributed by atoms with E-state index in [9.17, 15) is 0 Å². The molecular weight excluding hydrogens is 428 g/mol. The van der Waals surface area contributed by atoms with E-state index in [4.69, 9.17) is 11.5 Å². The summed E-state index contributed by atoms with van der Waals surface area (Å²) in [7, 11) is 0. The van der Waals surface area contributed by atoms with Gasteiger partial charge in [-0.05, 0) is 0 Å². The van der Waals surface area contributed by atoms with Crippen LogP contribution in [0.15, 0.2) is 48.5 Å². The van der Waals surface area contributed by atoms with Gasteiger partial charge in [0, 0.05) is 0 Å². The quantitative estimate of drug-likeness (QED) is 0.513. The van der Waals surface area contributed by atoms with E-state index in [1.807, 2.05) is 24.3 Å². The number of anilines is 2. The molecule has 0 radical (unpaired) electrons. The summed E-state index contributed by atoms with van der Waals surface area (Å²) in [5.74, 6) is 0. The van der Waals surface area contributed by atoms with Gasteiger partial charge in [0.1, 0.15) is 0 Å². The van der Waals surface area contributed by atoms with Crippen molar-refractivity contribution in [3.8, 4) is 0 Å². The molecule has 23 heavy (non-hydrogen) atoms. The third-order valence-corrected chi connectivity index (χ3v) is 41.6. The van der Waals surface area contributed by atoms with Gasteiger partial charge in [-0.1, -0.05) is 0 Å². The summed E-state index contributed by atoms with van der Waals surface area (Å²) in [6.07, 6.45) is 0. The van der Waals surface area contributed by atoms with Gasteiger partial charge in [-0.25, -0.2) is 0 Å². The van der Waals surface area contributed by atoms with Crippen molar-refractivity contribution < 1.29 is 0 Å². The molecule has 2 aromatic rings. The molecule has 0 saturated heterocycles. The van der Waals surface area contributed by atoms with Gasteiger partial charge >= 0.3 is 151 Å². The van der Waals surface area contributed by atoms with Crippen LogP contribution < -0.4 is 11.5 Å². The fourth-order valence-electron chi connectivity index (χ4n) is 3.07. The predicted molar refractivity (Wildman–Crippen MR) is 110 cm³/mol. The second kappa shape index (κ2) is 7.44. The summed E-state index contributed by atoms with van der Waals surface area (Å²) < 4.78 is 0. The van der Waals surface area contributed by atoms with E-state index in [0.717, 1.165) is 11.4 Å². The first-order valence-corrected chi connectivity index (χ1v) is 21.3. The Bertz CT molecular complexity index is 580. The number of hydrogen-bond acceptors (Lipinski definition) is 2. The first-order chi connectivity index (χ1) is 10.7. The molecule has 0 fully saturated rings. The zero-order valence-electron chi connectivity index (χ0n) is 14.6. The summed E-state index contributed by atoms with van der Waals surface area (Å²) in [6, 6.07) is 19.6. The van der Waals surface area contributed by atoms with Crippen molar-refractivity contribution >= 4 is 42.0 Å². The fraction of sp³-hybridized carbons (Fsp3) is 0.333. The first kappa shape index (κ1) is 18.6. The molecule has 5 heteroatoms. The molecule has 0 bridgehead atoms. The van der Waals surface area contributed by atoms with E-state index in [1.54, 1.807) is 0 Å². The maximum absolute atomic E-state index is 5.81. The van der Waals surface area contributed by atoms with Crippen LogP contribution in [0, 0.1) is 0 Å². The Labute approximate surface area is 151 Å². The van der Waals surface area contributed by atoms with Crippen LogP contribution in [0.4, 0.5) is 11.4 Å². The minimum absolute atomic E-state index is 0.0691. The van der Waals surface area contributed by atoms with E-state index in [-0.39, 0.29) is 19.3 Å². The second-order valence-corrected chi connectivity index (χ2v) is 40.2. The normalized spacial score (nSPS) is 12.3. The van der Waals surface area contributed by atoms with E-state index in [1.165, 1.54) is 23.2 Å². The second-order valence-electron chi connectivity index (χ2n) is 7.46. The fourth-order valence-corrected chi connectivity index (χ4v) is 57.1. The van der Waals surface area contributed by atoms with Gasteiger partial charge in [0.2, 0.25) is 0 Å². The summed E-state index contributed by atoms with van der Waals surface area (Å²) in [4.78, 5) is 0. The molecule has 0 heterocycles. The van der Waals surface area contributed by atoms with Crippen LogP contribution in [0.5, 0.6) is 0 Å². The van der Waals surface area contributed by atoms with E-state index in [0.29, 0.717) is 0 Å². The Morgan fingerprint density at radius 2 is 0.957 bits per heavy atom. The van der Waals surface area contributed by atoms with Crippen molar-refractivity contribution in [2.24, 2.45) is 0 Å². The van der Waals surface area contributed by atoms with Gasteiger partial charge in [-0.15, -0.1) is 0 Å². The molecule has 0 unspecified atom stereocenters. The molecule has 0 aliphatic heterocycles. The first-order valence-electron chi connectivity index (χ1n) is 8.04. The minimum atomic E-state index is -1.14. The van der Waals surface area contributed by atoms with Gasteiger partial charge in [-0.2, -0.15) is 0 Å². The monoisotopic (exact) mass is 458 g/mol. The molecule has 2 nitrogen and oxygen atoms in total. The van der Waals surface area contributed by atoms with Crippen LogP contribution in [0.1, 0.15) is 11.1 Å². The zero-order chi connectivity index (χ0) is 17.1. The molecule has 0 atom stereocenters. The topological polar surface area (TPSA) is 52.0 Å². The summed E-state index contributed by atoms with van der Waals surface area (Å²) in [5, 5.41) is 0. The molecule has 0 aliphatic rings. The Morgan fingerprint density at radius 1 is 0.652 bits per heavy atom. The standard InChI is InChI=1S/C18H28N2Si2Te/c1-21(2,13-15-5-9-17(19)10-6-15)23-22(3,4)14-16-7-11-18(20)12-8-16/h5-12H,13-14,19-20H2,1-4H3. The SMILES string of the molecule is C[Si](C)(Cc1ccc(N)cc1)[Te][Si](C)(C)Cc1ccc(N)cc1. The molecule has 2 rings (SSSR count). The van der Waals surface area contributed by atoms with Crippen molar-refractivity contribution in [2.75, 3.05) is 11.5 Å². The number of rotatable bonds is 6. The summed E-state index contributed by atoms with van der Waals surface area (Å²) >= 11 is 0.0691. The van der Waals surface area contributed by atoms with Crippen molar-refractivity contribution in [2.45, 2.75) is 38.3 Å². The number of hydrogen-bond donors (Lipinski definition) is 2. The van der Waals surface area contributed by atoms with Crippen LogP contribution in [0.2, 0.25) is 26.2 Å². The van der Waals surface area contributed by atoms with Crippen molar-refractivity contribution in [1.29, 1.82) is 0 Å². The van der Waals surface area contributed by atoms with Crippen LogP contribution in [-0.2, 0) is 12.1 Å². The maximum atomic E-state index is 5.81. The average molecular weight is 456 g/mol. The molecule has 4 N–H and O–H groups in total. The molecule has 2 aromatic carbocycles. The van der Waals surface area contributed by atoms with E-state index in [2.05, 4.69) is 50.5 Å². The molecule has 0 aromatic heterocycles. The van der Waals surface area contributed by atoms with Gasteiger partial charge in [0.15, 0.2) is 0 Å². The Morgan fingerprint density at radius 3 is 1.26 bits per heavy atom. The Kier molecular flexibility index (Phi) is 6.01. The van der Waals surface area contributed by atoms with E-state index >= 15 is 0 Å². The van der Waals surface area contributed by atoms with Crippen LogP contribution in [-0.4, -0.2) is 30.6 Å². The van der Waals surface area contributed by atoms with Gasteiger partial charge < -0.3 is 0 Å². The molecule has 0 amide bonds. The molecule has 124 valence electrons. The van der Waals surface area contributed by atoms with Gasteiger partial charge in [0.25, 0.3) is 0 Å². The van der Waals surface area contributed by atoms with Crippen LogP contribution in [0.3, 0.4) is 0 Å². The predicted octanol–water partition coefficient (Wildman–Crippen LogP) is 3.83. The molecule has 0 aliphatic carbocycles. The molecule has 0 spiro atoms. The van der Waals surface area contributed by atoms with E-state index < -0.39 is 11.2 Å². The third kappa shape index (κ3) is 6.35. The molecular formula is C18H28N2Si2Te. The zero-order valence-corrected chi connectivity index (χ0v) is 18.9. The number of benzene rings is 2. The van der Waals surface area contributed by atoms with Crippen LogP contribution in [0.25, 0.3) is 0 Å². The van der Waals surface area contributed by atoms with Crippen molar-refractivity contribution in [1.82, 2.24) is 0 Å².